The van der Waals surface area contributed by atoms with Crippen LogP contribution < -0.4 is 16.4 Å². The zero-order chi connectivity index (χ0) is 28.3. The van der Waals surface area contributed by atoms with E-state index in [1.54, 1.807) is 26.8 Å². The van der Waals surface area contributed by atoms with Crippen molar-refractivity contribution in [2.75, 3.05) is 6.54 Å². The molecule has 0 aliphatic heterocycles. The Hall–Kier alpha value is -4.14. The van der Waals surface area contributed by atoms with Crippen LogP contribution in [0.2, 0.25) is 0 Å². The molecule has 38 heavy (non-hydrogen) atoms. The summed E-state index contributed by atoms with van der Waals surface area (Å²) in [6.07, 6.45) is 0.472. The molecular formula is C29H38N4O5. The third kappa shape index (κ3) is 9.72. The molecule has 9 nitrogen and oxygen atoms in total. The van der Waals surface area contributed by atoms with Gasteiger partial charge in [0.25, 0.3) is 0 Å². The Bertz CT molecular complexity index is 1130. The number of ether oxygens (including phenoxy) is 1. The van der Waals surface area contributed by atoms with Crippen molar-refractivity contribution >= 4 is 23.8 Å². The van der Waals surface area contributed by atoms with Crippen molar-refractivity contribution in [2.45, 2.75) is 64.8 Å². The number of nitrogens with zero attached hydrogens (tertiary/aromatic N) is 1. The normalized spacial score (nSPS) is 12.5. The maximum atomic E-state index is 13.9. The highest BCUT2D eigenvalue weighted by Gasteiger charge is 2.35. The van der Waals surface area contributed by atoms with Gasteiger partial charge in [0.05, 0.1) is 0 Å². The minimum Gasteiger partial charge on any atom is -0.444 e. The monoisotopic (exact) mass is 522 g/mol. The van der Waals surface area contributed by atoms with E-state index in [0.717, 1.165) is 11.1 Å². The number of hydrogen-bond acceptors (Lipinski definition) is 5. The summed E-state index contributed by atoms with van der Waals surface area (Å²) in [6, 6.07) is 14.5. The van der Waals surface area contributed by atoms with Crippen LogP contribution in [0.5, 0.6) is 0 Å². The molecule has 0 fully saturated rings. The molecule has 0 aliphatic carbocycles. The van der Waals surface area contributed by atoms with E-state index >= 15 is 0 Å². The van der Waals surface area contributed by atoms with Gasteiger partial charge in [-0.15, -0.1) is 6.58 Å². The van der Waals surface area contributed by atoms with Gasteiger partial charge < -0.3 is 26.0 Å². The molecule has 0 radical (unpaired) electrons. The van der Waals surface area contributed by atoms with Crippen LogP contribution in [-0.4, -0.2) is 46.9 Å². The van der Waals surface area contributed by atoms with Gasteiger partial charge in [-0.2, -0.15) is 0 Å². The molecule has 0 spiro atoms. The summed E-state index contributed by atoms with van der Waals surface area (Å²) in [5.74, 6) is -1.60. The number of aryl methyl sites for hydroxylation is 1. The summed E-state index contributed by atoms with van der Waals surface area (Å²) in [6.45, 7) is 11.0. The predicted molar refractivity (Wildman–Crippen MR) is 146 cm³/mol. The van der Waals surface area contributed by atoms with Crippen molar-refractivity contribution in [1.29, 1.82) is 0 Å². The van der Waals surface area contributed by atoms with Gasteiger partial charge in [0, 0.05) is 19.5 Å². The predicted octanol–water partition coefficient (Wildman–Crippen LogP) is 3.53. The maximum Gasteiger partial charge on any atom is 0.408 e. The Morgan fingerprint density at radius 2 is 1.76 bits per heavy atom. The number of primary amides is 1. The van der Waals surface area contributed by atoms with Crippen LogP contribution in [0.15, 0.2) is 67.3 Å². The van der Waals surface area contributed by atoms with Crippen LogP contribution in [0, 0.1) is 6.92 Å². The van der Waals surface area contributed by atoms with Gasteiger partial charge in [-0.3, -0.25) is 14.4 Å². The van der Waals surface area contributed by atoms with Crippen molar-refractivity contribution in [2.24, 2.45) is 5.73 Å². The van der Waals surface area contributed by atoms with E-state index in [-0.39, 0.29) is 25.9 Å². The Labute approximate surface area is 224 Å². The number of rotatable bonds is 12. The van der Waals surface area contributed by atoms with E-state index in [1.165, 1.54) is 11.0 Å². The third-order valence-corrected chi connectivity index (χ3v) is 5.50. The second kappa shape index (κ2) is 14.0. The van der Waals surface area contributed by atoms with Crippen LogP contribution >= 0.6 is 0 Å². The van der Waals surface area contributed by atoms with Crippen LogP contribution in [0.4, 0.5) is 4.79 Å². The smallest absolute Gasteiger partial charge is 0.408 e. The fraction of sp³-hybridized carbons (Fsp3) is 0.379. The quantitative estimate of drug-likeness (QED) is 0.367. The number of alkyl carbamates (subject to hydrolysis) is 1. The van der Waals surface area contributed by atoms with Crippen molar-refractivity contribution < 1.29 is 23.9 Å². The van der Waals surface area contributed by atoms with Crippen molar-refractivity contribution in [3.63, 3.8) is 0 Å². The first-order valence-corrected chi connectivity index (χ1v) is 12.5. The summed E-state index contributed by atoms with van der Waals surface area (Å²) in [5.41, 5.74) is 6.93. The summed E-state index contributed by atoms with van der Waals surface area (Å²) >= 11 is 0. The number of carbonyl (C=O) groups is 4. The summed E-state index contributed by atoms with van der Waals surface area (Å²) in [7, 11) is 0. The summed E-state index contributed by atoms with van der Waals surface area (Å²) in [4.78, 5) is 52.9. The van der Waals surface area contributed by atoms with Crippen LogP contribution in [0.3, 0.4) is 0 Å². The molecule has 0 saturated heterocycles. The first-order valence-electron chi connectivity index (χ1n) is 12.5. The number of nitrogens with one attached hydrogen (secondary N) is 2. The number of hydrogen-bond donors (Lipinski definition) is 3. The van der Waals surface area contributed by atoms with Crippen molar-refractivity contribution in [3.05, 3.63) is 83.9 Å². The molecule has 0 bridgehead atoms. The van der Waals surface area contributed by atoms with E-state index in [9.17, 15) is 19.2 Å². The first-order chi connectivity index (χ1) is 17.9. The first kappa shape index (κ1) is 30.1. The van der Waals surface area contributed by atoms with Crippen LogP contribution in [-0.2, 0) is 25.7 Å². The average Bonchev–Trinajstić information content (AvgIpc) is 2.84. The number of benzene rings is 2. The van der Waals surface area contributed by atoms with Gasteiger partial charge >= 0.3 is 6.09 Å². The lowest BCUT2D eigenvalue weighted by Crippen LogP contribution is -2.53. The van der Waals surface area contributed by atoms with E-state index in [4.69, 9.17) is 10.5 Å². The van der Waals surface area contributed by atoms with Gasteiger partial charge in [-0.05, 0) is 45.2 Å². The van der Waals surface area contributed by atoms with E-state index in [0.29, 0.717) is 5.56 Å². The van der Waals surface area contributed by atoms with Gasteiger partial charge in [-0.25, -0.2) is 4.79 Å². The lowest BCUT2D eigenvalue weighted by atomic mass is 10.00. The minimum atomic E-state index is -1.16. The third-order valence-electron chi connectivity index (χ3n) is 5.50. The molecule has 0 aromatic heterocycles. The Balaban J connectivity index is 2.43. The summed E-state index contributed by atoms with van der Waals surface area (Å²) in [5, 5.41) is 5.47. The standard InChI is InChI=1S/C29H38N4O5/c1-6-17-33(27(36)23(15-16-24(30)34)32-28(37)38-29(3,4)5)25(22-14-10-11-20(2)18-22)26(35)31-19-21-12-8-7-9-13-21/h6-14,18,23,25H,1,15-17,19H2,2-5H3,(H2,30,34)(H,31,35)(H,32,37). The van der Waals surface area contributed by atoms with E-state index in [1.807, 2.05) is 55.5 Å². The highest BCUT2D eigenvalue weighted by atomic mass is 16.6. The highest BCUT2D eigenvalue weighted by molar-refractivity contribution is 5.92. The average molecular weight is 523 g/mol. The number of nitrogens with two attached hydrogens (primary N) is 1. The molecule has 2 aromatic carbocycles. The lowest BCUT2D eigenvalue weighted by Gasteiger charge is -2.34. The molecule has 204 valence electrons. The fourth-order valence-corrected chi connectivity index (χ4v) is 3.85. The second-order valence-electron chi connectivity index (χ2n) is 10.0. The largest absolute Gasteiger partial charge is 0.444 e. The fourth-order valence-electron chi connectivity index (χ4n) is 3.85. The molecule has 0 saturated carbocycles. The molecule has 4 N–H and O–H groups in total. The second-order valence-corrected chi connectivity index (χ2v) is 10.0. The number of amides is 4. The Kier molecular flexibility index (Phi) is 11.1. The van der Waals surface area contributed by atoms with Crippen molar-refractivity contribution in [3.8, 4) is 0 Å². The van der Waals surface area contributed by atoms with Crippen LogP contribution in [0.1, 0.15) is 56.3 Å². The van der Waals surface area contributed by atoms with Gasteiger partial charge in [0.2, 0.25) is 17.7 Å². The van der Waals surface area contributed by atoms with E-state index in [2.05, 4.69) is 17.2 Å². The number of carbonyl (C=O) groups excluding carboxylic acids is 4. The molecule has 4 amide bonds. The molecular weight excluding hydrogens is 484 g/mol. The zero-order valence-corrected chi connectivity index (χ0v) is 22.5. The molecule has 0 aliphatic rings. The Morgan fingerprint density at radius 1 is 1.08 bits per heavy atom. The molecule has 2 rings (SSSR count). The molecule has 2 atom stereocenters. The molecule has 0 heterocycles. The van der Waals surface area contributed by atoms with Gasteiger partial charge in [0.1, 0.15) is 17.7 Å². The highest BCUT2D eigenvalue weighted by Crippen LogP contribution is 2.24. The maximum absolute atomic E-state index is 13.9. The van der Waals surface area contributed by atoms with E-state index < -0.39 is 41.5 Å². The van der Waals surface area contributed by atoms with Gasteiger partial charge in [-0.1, -0.05) is 66.2 Å². The van der Waals surface area contributed by atoms with Gasteiger partial charge in [0.15, 0.2) is 0 Å². The zero-order valence-electron chi connectivity index (χ0n) is 22.5. The topological polar surface area (TPSA) is 131 Å². The summed E-state index contributed by atoms with van der Waals surface area (Å²) < 4.78 is 5.32. The van der Waals surface area contributed by atoms with Crippen molar-refractivity contribution in [1.82, 2.24) is 15.5 Å². The minimum absolute atomic E-state index is 0.0132. The molecule has 2 aromatic rings. The molecule has 2 unspecified atom stereocenters. The lowest BCUT2D eigenvalue weighted by molar-refractivity contribution is -0.142. The Morgan fingerprint density at radius 3 is 2.34 bits per heavy atom. The van der Waals surface area contributed by atoms with Crippen LogP contribution in [0.25, 0.3) is 0 Å². The molecule has 9 heteroatoms. The SMILES string of the molecule is C=CCN(C(=O)C(CCC(N)=O)NC(=O)OC(C)(C)C)C(C(=O)NCc1ccccc1)c1cccc(C)c1.